The average Bonchev–Trinajstić information content (AvgIpc) is 3.09. The molecule has 1 unspecified atom stereocenters. The number of rotatable bonds is 5. The van der Waals surface area contributed by atoms with Gasteiger partial charge in [0.1, 0.15) is 11.9 Å². The molecule has 1 aromatic carbocycles. The molecule has 0 radical (unpaired) electrons. The first-order valence-electron chi connectivity index (χ1n) is 6.41. The molecule has 17 heavy (non-hydrogen) atoms. The number of fused-ring (bicyclic) bond motifs is 1. The Hall–Kier alpha value is -0.730. The third-order valence-electron chi connectivity index (χ3n) is 3.59. The zero-order valence-electron chi connectivity index (χ0n) is 9.94. The summed E-state index contributed by atoms with van der Waals surface area (Å²) in [5, 5.41) is 0. The standard InChI is InChI=1S/C14H18ClNO/c15-7-8-16(12-5-6-12)10-13-9-11-3-1-2-4-14(11)17-13/h1-4,12-13H,5-10H2. The van der Waals surface area contributed by atoms with Crippen LogP contribution in [0.2, 0.25) is 0 Å². The van der Waals surface area contributed by atoms with Crippen LogP contribution in [-0.2, 0) is 6.42 Å². The smallest absolute Gasteiger partial charge is 0.123 e. The number of benzene rings is 1. The highest BCUT2D eigenvalue weighted by Crippen LogP contribution is 2.31. The highest BCUT2D eigenvalue weighted by atomic mass is 35.5. The van der Waals surface area contributed by atoms with Gasteiger partial charge in [-0.1, -0.05) is 18.2 Å². The van der Waals surface area contributed by atoms with Gasteiger partial charge in [0.2, 0.25) is 0 Å². The lowest BCUT2D eigenvalue weighted by Crippen LogP contribution is -2.37. The van der Waals surface area contributed by atoms with Gasteiger partial charge in [-0.25, -0.2) is 0 Å². The van der Waals surface area contributed by atoms with E-state index in [1.165, 1.54) is 18.4 Å². The van der Waals surface area contributed by atoms with Crippen LogP contribution in [0.5, 0.6) is 5.75 Å². The number of hydrogen-bond acceptors (Lipinski definition) is 2. The maximum Gasteiger partial charge on any atom is 0.123 e. The second-order valence-corrected chi connectivity index (χ2v) is 5.34. The summed E-state index contributed by atoms with van der Waals surface area (Å²) in [5.41, 5.74) is 1.35. The highest BCUT2D eigenvalue weighted by molar-refractivity contribution is 6.18. The van der Waals surface area contributed by atoms with Gasteiger partial charge >= 0.3 is 0 Å². The molecule has 3 heteroatoms. The van der Waals surface area contributed by atoms with Crippen LogP contribution in [0.25, 0.3) is 0 Å². The van der Waals surface area contributed by atoms with Gasteiger partial charge < -0.3 is 4.74 Å². The van der Waals surface area contributed by atoms with Gasteiger partial charge in [0, 0.05) is 31.4 Å². The Labute approximate surface area is 108 Å². The summed E-state index contributed by atoms with van der Waals surface area (Å²) in [4.78, 5) is 2.49. The molecule has 3 rings (SSSR count). The molecule has 1 atom stereocenters. The van der Waals surface area contributed by atoms with Gasteiger partial charge in [0.05, 0.1) is 0 Å². The van der Waals surface area contributed by atoms with Gasteiger partial charge in [0.15, 0.2) is 0 Å². The van der Waals surface area contributed by atoms with E-state index in [-0.39, 0.29) is 0 Å². The molecule has 2 aliphatic rings. The van der Waals surface area contributed by atoms with E-state index >= 15 is 0 Å². The number of alkyl halides is 1. The largest absolute Gasteiger partial charge is 0.488 e. The third-order valence-corrected chi connectivity index (χ3v) is 3.76. The summed E-state index contributed by atoms with van der Waals surface area (Å²) in [7, 11) is 0. The number of para-hydroxylation sites is 1. The van der Waals surface area contributed by atoms with Gasteiger partial charge in [-0.2, -0.15) is 0 Å². The highest BCUT2D eigenvalue weighted by Gasteiger charge is 2.32. The zero-order valence-corrected chi connectivity index (χ0v) is 10.7. The second-order valence-electron chi connectivity index (χ2n) is 4.97. The Morgan fingerprint density at radius 3 is 2.82 bits per heavy atom. The van der Waals surface area contributed by atoms with Crippen LogP contribution in [0.15, 0.2) is 24.3 Å². The minimum absolute atomic E-state index is 0.316. The molecule has 0 bridgehead atoms. The summed E-state index contributed by atoms with van der Waals surface area (Å²) in [6, 6.07) is 9.12. The van der Waals surface area contributed by atoms with Gasteiger partial charge in [0.25, 0.3) is 0 Å². The first kappa shape index (κ1) is 11.4. The van der Waals surface area contributed by atoms with Crippen molar-refractivity contribution < 1.29 is 4.74 Å². The van der Waals surface area contributed by atoms with Crippen molar-refractivity contribution in [3.8, 4) is 5.75 Å². The van der Waals surface area contributed by atoms with Gasteiger partial charge in [-0.15, -0.1) is 11.6 Å². The van der Waals surface area contributed by atoms with Crippen molar-refractivity contribution in [3.05, 3.63) is 29.8 Å². The molecule has 0 spiro atoms. The molecule has 0 amide bonds. The topological polar surface area (TPSA) is 12.5 Å². The maximum atomic E-state index is 5.98. The Kier molecular flexibility index (Phi) is 3.26. The molecule has 0 saturated heterocycles. The molecule has 2 nitrogen and oxygen atoms in total. The van der Waals surface area contributed by atoms with Crippen LogP contribution in [0.1, 0.15) is 18.4 Å². The van der Waals surface area contributed by atoms with E-state index in [1.54, 1.807) is 0 Å². The molecular formula is C14H18ClNO. The van der Waals surface area contributed by atoms with Crippen LogP contribution >= 0.6 is 11.6 Å². The lowest BCUT2D eigenvalue weighted by atomic mass is 10.1. The van der Waals surface area contributed by atoms with E-state index in [4.69, 9.17) is 16.3 Å². The molecule has 1 fully saturated rings. The fourth-order valence-electron chi connectivity index (χ4n) is 2.59. The first-order valence-corrected chi connectivity index (χ1v) is 6.95. The Balaban J connectivity index is 1.60. The van der Waals surface area contributed by atoms with Crippen LogP contribution < -0.4 is 4.74 Å². The SMILES string of the molecule is ClCCN(CC1Cc2ccccc2O1)C1CC1. The number of nitrogens with zero attached hydrogens (tertiary/aromatic N) is 1. The van der Waals surface area contributed by atoms with Crippen molar-refractivity contribution in [2.45, 2.75) is 31.4 Å². The summed E-state index contributed by atoms with van der Waals surface area (Å²) >= 11 is 5.86. The predicted octanol–water partition coefficient (Wildman–Crippen LogP) is 2.69. The van der Waals surface area contributed by atoms with E-state index in [0.29, 0.717) is 6.10 Å². The molecule has 1 aromatic rings. The molecule has 1 saturated carbocycles. The lowest BCUT2D eigenvalue weighted by molar-refractivity contribution is 0.150. The quantitative estimate of drug-likeness (QED) is 0.746. The minimum Gasteiger partial charge on any atom is -0.488 e. The summed E-state index contributed by atoms with van der Waals surface area (Å²) in [5.74, 6) is 1.79. The Bertz CT molecular complexity index is 367. The predicted molar refractivity (Wildman–Crippen MR) is 69.9 cm³/mol. The van der Waals surface area contributed by atoms with Gasteiger partial charge in [-0.3, -0.25) is 4.90 Å². The third kappa shape index (κ3) is 2.58. The van der Waals surface area contributed by atoms with E-state index < -0.39 is 0 Å². The van der Waals surface area contributed by atoms with E-state index in [1.807, 2.05) is 6.07 Å². The molecule has 1 aliphatic heterocycles. The summed E-state index contributed by atoms with van der Waals surface area (Å²) in [6.45, 7) is 2.01. The van der Waals surface area contributed by atoms with Crippen molar-refractivity contribution in [1.82, 2.24) is 4.90 Å². The van der Waals surface area contributed by atoms with Crippen LogP contribution in [0.3, 0.4) is 0 Å². The van der Waals surface area contributed by atoms with Crippen molar-refractivity contribution >= 4 is 11.6 Å². The van der Waals surface area contributed by atoms with Crippen molar-refractivity contribution in [2.24, 2.45) is 0 Å². The van der Waals surface area contributed by atoms with Crippen LogP contribution in [0, 0.1) is 0 Å². The van der Waals surface area contributed by atoms with Crippen molar-refractivity contribution in [1.29, 1.82) is 0 Å². The summed E-state index contributed by atoms with van der Waals surface area (Å²) in [6.07, 6.45) is 4.02. The van der Waals surface area contributed by atoms with Crippen molar-refractivity contribution in [3.63, 3.8) is 0 Å². The first-order chi connectivity index (χ1) is 8.36. The molecular weight excluding hydrogens is 234 g/mol. The van der Waals surface area contributed by atoms with Gasteiger partial charge in [-0.05, 0) is 24.5 Å². The molecule has 1 aliphatic carbocycles. The van der Waals surface area contributed by atoms with Crippen LogP contribution in [0.4, 0.5) is 0 Å². The molecule has 1 heterocycles. The van der Waals surface area contributed by atoms with Crippen molar-refractivity contribution in [2.75, 3.05) is 19.0 Å². The van der Waals surface area contributed by atoms with E-state index in [0.717, 1.165) is 37.2 Å². The summed E-state index contributed by atoms with van der Waals surface area (Å²) < 4.78 is 5.98. The Morgan fingerprint density at radius 1 is 1.29 bits per heavy atom. The number of hydrogen-bond donors (Lipinski definition) is 0. The number of halogens is 1. The van der Waals surface area contributed by atoms with E-state index in [9.17, 15) is 0 Å². The molecule has 0 aromatic heterocycles. The van der Waals surface area contributed by atoms with E-state index in [2.05, 4.69) is 23.1 Å². The minimum atomic E-state index is 0.316. The fraction of sp³-hybridized carbons (Fsp3) is 0.571. The lowest BCUT2D eigenvalue weighted by Gasteiger charge is -2.24. The normalized spacial score (nSPS) is 22.6. The zero-order chi connectivity index (χ0) is 11.7. The fourth-order valence-corrected chi connectivity index (χ4v) is 2.81. The monoisotopic (exact) mass is 251 g/mol. The average molecular weight is 252 g/mol. The second kappa shape index (κ2) is 4.87. The Morgan fingerprint density at radius 2 is 2.12 bits per heavy atom. The molecule has 0 N–H and O–H groups in total. The maximum absolute atomic E-state index is 5.98. The number of ether oxygens (including phenoxy) is 1. The van der Waals surface area contributed by atoms with Crippen LogP contribution in [-0.4, -0.2) is 36.0 Å². The molecule has 92 valence electrons.